The zero-order valence-electron chi connectivity index (χ0n) is 9.28. The lowest BCUT2D eigenvalue weighted by Gasteiger charge is -2.06. The highest BCUT2D eigenvalue weighted by molar-refractivity contribution is 9.10. The van der Waals surface area contributed by atoms with Gasteiger partial charge in [-0.1, -0.05) is 29.3 Å². The molecule has 4 heteroatoms. The third kappa shape index (κ3) is 2.13. The summed E-state index contributed by atoms with van der Waals surface area (Å²) in [5.41, 5.74) is 2.04. The SMILES string of the molecule is CCCCn1c(CO)nc2cc(Br)ccc21. The molecule has 1 aromatic carbocycles. The van der Waals surface area contributed by atoms with Gasteiger partial charge in [-0.05, 0) is 24.6 Å². The van der Waals surface area contributed by atoms with Crippen molar-refractivity contribution in [1.29, 1.82) is 0 Å². The van der Waals surface area contributed by atoms with Crippen LogP contribution in [0, 0.1) is 0 Å². The summed E-state index contributed by atoms with van der Waals surface area (Å²) in [6.45, 7) is 3.08. The van der Waals surface area contributed by atoms with E-state index in [-0.39, 0.29) is 6.61 Å². The predicted octanol–water partition coefficient (Wildman–Crippen LogP) is 3.09. The first-order valence-electron chi connectivity index (χ1n) is 5.51. The number of fused-ring (bicyclic) bond motifs is 1. The molecular weight excluding hydrogens is 268 g/mol. The van der Waals surface area contributed by atoms with Crippen LogP contribution in [-0.2, 0) is 13.2 Å². The molecule has 86 valence electrons. The van der Waals surface area contributed by atoms with Crippen molar-refractivity contribution in [2.24, 2.45) is 0 Å². The number of hydrogen-bond donors (Lipinski definition) is 1. The number of benzene rings is 1. The zero-order chi connectivity index (χ0) is 11.5. The number of hydrogen-bond acceptors (Lipinski definition) is 2. The van der Waals surface area contributed by atoms with Crippen LogP contribution >= 0.6 is 15.9 Å². The molecule has 0 aliphatic rings. The molecule has 0 fully saturated rings. The van der Waals surface area contributed by atoms with Crippen LogP contribution in [0.5, 0.6) is 0 Å². The Morgan fingerprint density at radius 3 is 2.94 bits per heavy atom. The van der Waals surface area contributed by atoms with E-state index in [0.29, 0.717) is 0 Å². The fourth-order valence-electron chi connectivity index (χ4n) is 1.84. The Hall–Kier alpha value is -0.870. The van der Waals surface area contributed by atoms with E-state index in [1.807, 2.05) is 18.2 Å². The molecule has 0 bridgehead atoms. The van der Waals surface area contributed by atoms with E-state index in [1.54, 1.807) is 0 Å². The van der Waals surface area contributed by atoms with Gasteiger partial charge in [0.2, 0.25) is 0 Å². The second-order valence-electron chi connectivity index (χ2n) is 3.82. The molecular formula is C12H15BrN2O. The Morgan fingerprint density at radius 1 is 1.44 bits per heavy atom. The first-order chi connectivity index (χ1) is 7.76. The van der Waals surface area contributed by atoms with Crippen LogP contribution < -0.4 is 0 Å². The van der Waals surface area contributed by atoms with Crippen LogP contribution in [0.25, 0.3) is 11.0 Å². The van der Waals surface area contributed by atoms with Crippen molar-refractivity contribution >= 4 is 27.0 Å². The molecule has 1 heterocycles. The van der Waals surface area contributed by atoms with Gasteiger partial charge in [0.25, 0.3) is 0 Å². The fraction of sp³-hybridized carbons (Fsp3) is 0.417. The minimum Gasteiger partial charge on any atom is -0.388 e. The molecule has 16 heavy (non-hydrogen) atoms. The molecule has 0 radical (unpaired) electrons. The van der Waals surface area contributed by atoms with E-state index in [4.69, 9.17) is 0 Å². The smallest absolute Gasteiger partial charge is 0.135 e. The highest BCUT2D eigenvalue weighted by Crippen LogP contribution is 2.21. The number of aromatic nitrogens is 2. The Balaban J connectivity index is 2.50. The van der Waals surface area contributed by atoms with Crippen LogP contribution in [0.2, 0.25) is 0 Å². The van der Waals surface area contributed by atoms with Crippen molar-refractivity contribution in [2.75, 3.05) is 0 Å². The van der Waals surface area contributed by atoms with Gasteiger partial charge in [-0.2, -0.15) is 0 Å². The van der Waals surface area contributed by atoms with Gasteiger partial charge in [-0.25, -0.2) is 4.98 Å². The van der Waals surface area contributed by atoms with Crippen molar-refractivity contribution in [1.82, 2.24) is 9.55 Å². The summed E-state index contributed by atoms with van der Waals surface area (Å²) >= 11 is 3.43. The molecule has 0 amide bonds. The average Bonchev–Trinajstić information content (AvgIpc) is 2.63. The van der Waals surface area contributed by atoms with Gasteiger partial charge >= 0.3 is 0 Å². The van der Waals surface area contributed by atoms with Gasteiger partial charge in [0.1, 0.15) is 12.4 Å². The molecule has 0 unspecified atom stereocenters. The topological polar surface area (TPSA) is 38.0 Å². The highest BCUT2D eigenvalue weighted by atomic mass is 79.9. The Bertz CT molecular complexity index is 493. The van der Waals surface area contributed by atoms with Gasteiger partial charge in [-0.15, -0.1) is 0 Å². The standard InChI is InChI=1S/C12H15BrN2O/c1-2-3-6-15-11-5-4-9(13)7-10(11)14-12(15)8-16/h4-5,7,16H,2-3,6,8H2,1H3. The molecule has 0 saturated heterocycles. The molecule has 3 nitrogen and oxygen atoms in total. The van der Waals surface area contributed by atoms with Crippen LogP contribution in [0.3, 0.4) is 0 Å². The maximum absolute atomic E-state index is 9.29. The molecule has 0 saturated carbocycles. The quantitative estimate of drug-likeness (QED) is 0.936. The summed E-state index contributed by atoms with van der Waals surface area (Å²) in [6.07, 6.45) is 2.25. The number of aryl methyl sites for hydroxylation is 1. The number of nitrogens with zero attached hydrogens (tertiary/aromatic N) is 2. The largest absolute Gasteiger partial charge is 0.388 e. The zero-order valence-corrected chi connectivity index (χ0v) is 10.9. The van der Waals surface area contributed by atoms with Gasteiger partial charge < -0.3 is 9.67 Å². The molecule has 0 atom stereocenters. The van der Waals surface area contributed by atoms with Crippen LogP contribution in [0.1, 0.15) is 25.6 Å². The average molecular weight is 283 g/mol. The summed E-state index contributed by atoms with van der Waals surface area (Å²) in [5, 5.41) is 9.29. The van der Waals surface area contributed by atoms with Crippen LogP contribution in [0.15, 0.2) is 22.7 Å². The predicted molar refractivity (Wildman–Crippen MR) is 68.3 cm³/mol. The first kappa shape index (κ1) is 11.6. The minimum atomic E-state index is -0.00396. The highest BCUT2D eigenvalue weighted by Gasteiger charge is 2.09. The third-order valence-corrected chi connectivity index (χ3v) is 3.16. The van der Waals surface area contributed by atoms with Gasteiger partial charge in [0.15, 0.2) is 0 Å². The van der Waals surface area contributed by atoms with E-state index in [1.165, 1.54) is 0 Å². The number of imidazole rings is 1. The second-order valence-corrected chi connectivity index (χ2v) is 4.74. The number of aliphatic hydroxyl groups is 1. The third-order valence-electron chi connectivity index (χ3n) is 2.67. The Labute approximate surface area is 103 Å². The number of rotatable bonds is 4. The van der Waals surface area contributed by atoms with E-state index < -0.39 is 0 Å². The van der Waals surface area contributed by atoms with Crippen molar-refractivity contribution < 1.29 is 5.11 Å². The molecule has 0 spiro atoms. The van der Waals surface area contributed by atoms with E-state index in [2.05, 4.69) is 32.4 Å². The Kier molecular flexibility index (Phi) is 3.61. The summed E-state index contributed by atoms with van der Waals surface area (Å²) in [7, 11) is 0. The van der Waals surface area contributed by atoms with E-state index in [0.717, 1.165) is 40.7 Å². The lowest BCUT2D eigenvalue weighted by Crippen LogP contribution is -2.03. The molecule has 2 aromatic rings. The van der Waals surface area contributed by atoms with Gasteiger partial charge in [0.05, 0.1) is 11.0 Å². The van der Waals surface area contributed by atoms with Crippen LogP contribution in [-0.4, -0.2) is 14.7 Å². The first-order valence-corrected chi connectivity index (χ1v) is 6.31. The number of halogens is 1. The normalized spacial score (nSPS) is 11.2. The van der Waals surface area contributed by atoms with Crippen molar-refractivity contribution in [3.63, 3.8) is 0 Å². The summed E-state index contributed by atoms with van der Waals surface area (Å²) in [4.78, 5) is 4.43. The maximum atomic E-state index is 9.29. The van der Waals surface area contributed by atoms with Crippen molar-refractivity contribution in [3.8, 4) is 0 Å². The molecule has 1 aromatic heterocycles. The maximum Gasteiger partial charge on any atom is 0.135 e. The second kappa shape index (κ2) is 4.97. The van der Waals surface area contributed by atoms with Gasteiger partial charge in [0, 0.05) is 11.0 Å². The lowest BCUT2D eigenvalue weighted by atomic mass is 10.3. The lowest BCUT2D eigenvalue weighted by molar-refractivity contribution is 0.265. The summed E-state index contributed by atoms with van der Waals surface area (Å²) in [5.74, 6) is 0.751. The fourth-order valence-corrected chi connectivity index (χ4v) is 2.19. The van der Waals surface area contributed by atoms with Gasteiger partial charge in [-0.3, -0.25) is 0 Å². The molecule has 2 rings (SSSR count). The van der Waals surface area contributed by atoms with E-state index in [9.17, 15) is 5.11 Å². The minimum absolute atomic E-state index is 0.00396. The van der Waals surface area contributed by atoms with E-state index >= 15 is 0 Å². The number of aliphatic hydroxyl groups excluding tert-OH is 1. The van der Waals surface area contributed by atoms with Crippen molar-refractivity contribution in [2.45, 2.75) is 32.9 Å². The van der Waals surface area contributed by atoms with Crippen molar-refractivity contribution in [3.05, 3.63) is 28.5 Å². The Morgan fingerprint density at radius 2 is 2.25 bits per heavy atom. The summed E-state index contributed by atoms with van der Waals surface area (Å²) in [6, 6.07) is 6.03. The molecule has 1 N–H and O–H groups in total. The summed E-state index contributed by atoms with van der Waals surface area (Å²) < 4.78 is 3.12. The molecule has 0 aliphatic heterocycles. The molecule has 0 aliphatic carbocycles. The van der Waals surface area contributed by atoms with Crippen LogP contribution in [0.4, 0.5) is 0 Å². The number of unbranched alkanes of at least 4 members (excludes halogenated alkanes) is 1. The monoisotopic (exact) mass is 282 g/mol.